The Bertz CT molecular complexity index is 866. The predicted octanol–water partition coefficient (Wildman–Crippen LogP) is 2.73. The van der Waals surface area contributed by atoms with Gasteiger partial charge in [-0.1, -0.05) is 12.1 Å². The molecule has 2 saturated heterocycles. The van der Waals surface area contributed by atoms with E-state index >= 15 is 0 Å². The number of amides is 2. The molecule has 2 fully saturated rings. The van der Waals surface area contributed by atoms with Crippen LogP contribution >= 0.6 is 0 Å². The molecule has 0 radical (unpaired) electrons. The van der Waals surface area contributed by atoms with Crippen LogP contribution in [0.1, 0.15) is 48.8 Å². The Morgan fingerprint density at radius 1 is 1.29 bits per heavy atom. The summed E-state index contributed by atoms with van der Waals surface area (Å²) in [5.41, 5.74) is 0.832. The topological polar surface area (TPSA) is 66.7 Å². The highest BCUT2D eigenvalue weighted by Gasteiger charge is 2.30. The van der Waals surface area contributed by atoms with Crippen LogP contribution in [-0.2, 0) is 16.0 Å². The van der Waals surface area contributed by atoms with Crippen LogP contribution in [0.4, 0.5) is 4.39 Å². The molecule has 6 nitrogen and oxygen atoms in total. The second-order valence-electron chi connectivity index (χ2n) is 7.57. The van der Waals surface area contributed by atoms with Gasteiger partial charge in [-0.15, -0.1) is 0 Å². The first-order valence-corrected chi connectivity index (χ1v) is 9.83. The van der Waals surface area contributed by atoms with Crippen molar-refractivity contribution in [2.24, 2.45) is 0 Å². The molecule has 0 N–H and O–H groups in total. The van der Waals surface area contributed by atoms with Gasteiger partial charge in [-0.3, -0.25) is 9.59 Å². The van der Waals surface area contributed by atoms with Crippen LogP contribution in [0, 0.1) is 5.82 Å². The number of halogens is 1. The van der Waals surface area contributed by atoms with Gasteiger partial charge in [0.25, 0.3) is 0 Å². The molecule has 28 heavy (non-hydrogen) atoms. The van der Waals surface area contributed by atoms with Crippen LogP contribution in [0.25, 0.3) is 0 Å². The second-order valence-corrected chi connectivity index (χ2v) is 7.57. The summed E-state index contributed by atoms with van der Waals surface area (Å²) in [6.07, 6.45) is 5.33. The highest BCUT2D eigenvalue weighted by molar-refractivity contribution is 5.86. The number of benzene rings is 1. The maximum absolute atomic E-state index is 13.3. The Kier molecular flexibility index (Phi) is 5.41. The number of rotatable bonds is 5. The van der Waals surface area contributed by atoms with Gasteiger partial charge in [0, 0.05) is 32.5 Å². The van der Waals surface area contributed by atoms with E-state index in [0.717, 1.165) is 24.8 Å². The van der Waals surface area contributed by atoms with Gasteiger partial charge in [-0.2, -0.15) is 0 Å². The molecule has 3 heterocycles. The molecule has 1 aromatic carbocycles. The molecule has 0 spiro atoms. The number of nitrogens with zero attached hydrogens (tertiary/aromatic N) is 3. The SMILES string of the molecule is O=C1CCCN1CC(=O)N1CCC[C@@H](c2ncc(Cc3cccc(F)c3)o2)C1. The van der Waals surface area contributed by atoms with Crippen LogP contribution in [0.3, 0.4) is 0 Å². The van der Waals surface area contributed by atoms with E-state index in [4.69, 9.17) is 4.42 Å². The Labute approximate surface area is 163 Å². The summed E-state index contributed by atoms with van der Waals surface area (Å²) in [6, 6.07) is 6.44. The third kappa shape index (κ3) is 4.24. The Morgan fingerprint density at radius 2 is 2.18 bits per heavy atom. The van der Waals surface area contributed by atoms with E-state index in [2.05, 4.69) is 4.98 Å². The van der Waals surface area contributed by atoms with Crippen molar-refractivity contribution < 1.29 is 18.4 Å². The highest BCUT2D eigenvalue weighted by atomic mass is 19.1. The summed E-state index contributed by atoms with van der Waals surface area (Å²) in [6.45, 7) is 2.10. The van der Waals surface area contributed by atoms with E-state index in [1.165, 1.54) is 12.1 Å². The van der Waals surface area contributed by atoms with Crippen molar-refractivity contribution in [2.75, 3.05) is 26.2 Å². The zero-order chi connectivity index (χ0) is 19.5. The number of piperidine rings is 1. The first-order chi connectivity index (χ1) is 13.6. The molecule has 1 atom stereocenters. The molecule has 148 valence electrons. The molecule has 4 rings (SSSR count). The monoisotopic (exact) mass is 385 g/mol. The van der Waals surface area contributed by atoms with E-state index < -0.39 is 0 Å². The molecule has 0 saturated carbocycles. The van der Waals surface area contributed by atoms with Crippen molar-refractivity contribution in [3.05, 3.63) is 53.5 Å². The lowest BCUT2D eigenvalue weighted by Crippen LogP contribution is -2.45. The molecular formula is C21H24FN3O3. The maximum Gasteiger partial charge on any atom is 0.242 e. The molecule has 0 bridgehead atoms. The summed E-state index contributed by atoms with van der Waals surface area (Å²) >= 11 is 0. The molecule has 2 aliphatic rings. The minimum absolute atomic E-state index is 0.00788. The lowest BCUT2D eigenvalue weighted by atomic mass is 9.98. The third-order valence-electron chi connectivity index (χ3n) is 5.46. The molecule has 1 aromatic heterocycles. The number of oxazole rings is 1. The normalized spacial score (nSPS) is 20.0. The molecule has 0 unspecified atom stereocenters. The fraction of sp³-hybridized carbons (Fsp3) is 0.476. The van der Waals surface area contributed by atoms with Crippen LogP contribution < -0.4 is 0 Å². The third-order valence-corrected chi connectivity index (χ3v) is 5.46. The molecule has 2 aromatic rings. The van der Waals surface area contributed by atoms with E-state index in [-0.39, 0.29) is 30.1 Å². The molecule has 7 heteroatoms. The molecule has 0 aliphatic carbocycles. The quantitative estimate of drug-likeness (QED) is 0.794. The van der Waals surface area contributed by atoms with Gasteiger partial charge in [0.05, 0.1) is 18.7 Å². The number of carbonyl (C=O) groups excluding carboxylic acids is 2. The summed E-state index contributed by atoms with van der Waals surface area (Å²) in [5, 5.41) is 0. The lowest BCUT2D eigenvalue weighted by molar-refractivity contribution is -0.139. The number of aromatic nitrogens is 1. The zero-order valence-electron chi connectivity index (χ0n) is 15.8. The minimum atomic E-state index is -0.268. The van der Waals surface area contributed by atoms with E-state index in [1.807, 2.05) is 11.0 Å². The van der Waals surface area contributed by atoms with Crippen LogP contribution in [0.15, 0.2) is 34.9 Å². The Balaban J connectivity index is 1.37. The summed E-state index contributed by atoms with van der Waals surface area (Å²) in [7, 11) is 0. The first kappa shape index (κ1) is 18.7. The summed E-state index contributed by atoms with van der Waals surface area (Å²) < 4.78 is 19.3. The Morgan fingerprint density at radius 3 is 2.96 bits per heavy atom. The summed E-state index contributed by atoms with van der Waals surface area (Å²) in [4.78, 5) is 32.2. The van der Waals surface area contributed by atoms with Crippen molar-refractivity contribution in [3.8, 4) is 0 Å². The van der Waals surface area contributed by atoms with Gasteiger partial charge < -0.3 is 14.2 Å². The minimum Gasteiger partial charge on any atom is -0.445 e. The van der Waals surface area contributed by atoms with Gasteiger partial charge in [-0.05, 0) is 37.0 Å². The number of hydrogen-bond donors (Lipinski definition) is 0. The molecule has 2 aliphatic heterocycles. The molecular weight excluding hydrogens is 361 g/mol. The van der Waals surface area contributed by atoms with Crippen molar-refractivity contribution in [2.45, 2.75) is 38.0 Å². The number of hydrogen-bond acceptors (Lipinski definition) is 4. The van der Waals surface area contributed by atoms with Crippen LogP contribution in [-0.4, -0.2) is 52.8 Å². The van der Waals surface area contributed by atoms with Gasteiger partial charge >= 0.3 is 0 Å². The first-order valence-electron chi connectivity index (χ1n) is 9.83. The van der Waals surface area contributed by atoms with Crippen molar-refractivity contribution >= 4 is 11.8 Å². The van der Waals surface area contributed by atoms with Gasteiger partial charge in [0.15, 0.2) is 5.89 Å². The standard InChI is InChI=1S/C21H24FN3O3/c22-17-6-1-4-15(10-17)11-18-12-23-21(28-18)16-5-2-8-24(13-16)20(27)14-25-9-3-7-19(25)26/h1,4,6,10,12,16H,2-3,5,7-9,11,13-14H2/t16-/m1/s1. The van der Waals surface area contributed by atoms with E-state index in [9.17, 15) is 14.0 Å². The van der Waals surface area contributed by atoms with E-state index in [0.29, 0.717) is 44.1 Å². The maximum atomic E-state index is 13.3. The highest BCUT2D eigenvalue weighted by Crippen LogP contribution is 2.27. The second kappa shape index (κ2) is 8.12. The van der Waals surface area contributed by atoms with Crippen molar-refractivity contribution in [1.29, 1.82) is 0 Å². The number of carbonyl (C=O) groups is 2. The van der Waals surface area contributed by atoms with Crippen LogP contribution in [0.5, 0.6) is 0 Å². The van der Waals surface area contributed by atoms with Gasteiger partial charge in [0.1, 0.15) is 11.6 Å². The lowest BCUT2D eigenvalue weighted by Gasteiger charge is -2.32. The fourth-order valence-corrected chi connectivity index (χ4v) is 3.98. The summed E-state index contributed by atoms with van der Waals surface area (Å²) in [5.74, 6) is 1.15. The largest absolute Gasteiger partial charge is 0.445 e. The Hall–Kier alpha value is -2.70. The average Bonchev–Trinajstić information content (AvgIpc) is 3.31. The van der Waals surface area contributed by atoms with E-state index in [1.54, 1.807) is 17.2 Å². The smallest absolute Gasteiger partial charge is 0.242 e. The zero-order valence-corrected chi connectivity index (χ0v) is 15.8. The van der Waals surface area contributed by atoms with Crippen LogP contribution in [0.2, 0.25) is 0 Å². The average molecular weight is 385 g/mol. The van der Waals surface area contributed by atoms with Gasteiger partial charge in [-0.25, -0.2) is 9.37 Å². The van der Waals surface area contributed by atoms with Crippen molar-refractivity contribution in [3.63, 3.8) is 0 Å². The fourth-order valence-electron chi connectivity index (χ4n) is 3.98. The number of likely N-dealkylation sites (tertiary alicyclic amines) is 2. The van der Waals surface area contributed by atoms with Gasteiger partial charge in [0.2, 0.25) is 11.8 Å². The van der Waals surface area contributed by atoms with Crippen molar-refractivity contribution in [1.82, 2.24) is 14.8 Å². The predicted molar refractivity (Wildman–Crippen MR) is 100 cm³/mol. The molecule has 2 amide bonds.